The summed E-state index contributed by atoms with van der Waals surface area (Å²) in [6.07, 6.45) is -4.39. The largest absolute Gasteiger partial charge is 0.484 e. The van der Waals surface area contributed by atoms with E-state index in [1.54, 1.807) is 0 Å². The maximum absolute atomic E-state index is 12.5. The van der Waals surface area contributed by atoms with Gasteiger partial charge in [0, 0.05) is 0 Å². The van der Waals surface area contributed by atoms with E-state index >= 15 is 0 Å². The normalized spacial score (nSPS) is 11.6. The molecule has 0 spiro atoms. The van der Waals surface area contributed by atoms with E-state index in [1.807, 2.05) is 6.92 Å². The van der Waals surface area contributed by atoms with Gasteiger partial charge in [0.2, 0.25) is 0 Å². The van der Waals surface area contributed by atoms with Gasteiger partial charge in [0.1, 0.15) is 5.75 Å². The van der Waals surface area contributed by atoms with Crippen LogP contribution in [0.15, 0.2) is 33.9 Å². The van der Waals surface area contributed by atoms with E-state index in [9.17, 15) is 13.2 Å². The lowest BCUT2D eigenvalue weighted by atomic mass is 10.2. The van der Waals surface area contributed by atoms with Crippen molar-refractivity contribution in [1.29, 1.82) is 0 Å². The Morgan fingerprint density at radius 2 is 2.10 bits per heavy atom. The third-order valence-electron chi connectivity index (χ3n) is 2.24. The molecule has 0 aliphatic carbocycles. The van der Waals surface area contributed by atoms with E-state index in [1.165, 1.54) is 23.9 Å². The Balaban J connectivity index is 1.99. The van der Waals surface area contributed by atoms with Gasteiger partial charge in [-0.2, -0.15) is 13.2 Å². The minimum absolute atomic E-state index is 0.0708. The predicted octanol–water partition coefficient (Wildman–Crippen LogP) is 3.78. The van der Waals surface area contributed by atoms with Crippen LogP contribution in [0.2, 0.25) is 0 Å². The molecule has 0 aliphatic heterocycles. The monoisotopic (exact) mass is 304 g/mol. The van der Waals surface area contributed by atoms with Gasteiger partial charge in [-0.15, -0.1) is 10.2 Å². The quantitative estimate of drug-likeness (QED) is 0.787. The highest BCUT2D eigenvalue weighted by Gasteiger charge is 2.30. The average molecular weight is 304 g/mol. The van der Waals surface area contributed by atoms with Gasteiger partial charge in [-0.1, -0.05) is 24.8 Å². The fraction of sp³-hybridized carbons (Fsp3) is 0.333. The van der Waals surface area contributed by atoms with Crippen LogP contribution in [0, 0.1) is 0 Å². The number of nitrogens with zero attached hydrogens (tertiary/aromatic N) is 2. The molecule has 0 N–H and O–H groups in total. The first-order chi connectivity index (χ1) is 9.49. The lowest BCUT2D eigenvalue weighted by molar-refractivity contribution is -0.137. The molecule has 20 heavy (non-hydrogen) atoms. The number of alkyl halides is 3. The summed E-state index contributed by atoms with van der Waals surface area (Å²) in [5.74, 6) is 1.11. The zero-order valence-corrected chi connectivity index (χ0v) is 11.3. The Labute approximate surface area is 117 Å². The molecule has 0 radical (unpaired) electrons. The Bertz CT molecular complexity index is 572. The first-order valence-electron chi connectivity index (χ1n) is 5.74. The Morgan fingerprint density at radius 1 is 1.30 bits per heavy atom. The van der Waals surface area contributed by atoms with Crippen molar-refractivity contribution in [3.05, 3.63) is 35.7 Å². The summed E-state index contributed by atoms with van der Waals surface area (Å²) < 4.78 is 48.0. The maximum atomic E-state index is 12.5. The van der Waals surface area contributed by atoms with Gasteiger partial charge in [-0.25, -0.2) is 0 Å². The first-order valence-corrected chi connectivity index (χ1v) is 6.73. The highest BCUT2D eigenvalue weighted by molar-refractivity contribution is 7.99. The number of aromatic nitrogens is 2. The summed E-state index contributed by atoms with van der Waals surface area (Å²) in [4.78, 5) is 0. The summed E-state index contributed by atoms with van der Waals surface area (Å²) in [5.41, 5.74) is -0.761. The molecule has 8 heteroatoms. The molecule has 0 fully saturated rings. The van der Waals surface area contributed by atoms with E-state index in [0.29, 0.717) is 5.22 Å². The molecular formula is C12H11F3N2O2S. The summed E-state index contributed by atoms with van der Waals surface area (Å²) in [5, 5.41) is 7.91. The van der Waals surface area contributed by atoms with Crippen molar-refractivity contribution >= 4 is 11.8 Å². The van der Waals surface area contributed by atoms with Crippen LogP contribution in [0.1, 0.15) is 18.4 Å². The molecular weight excluding hydrogens is 293 g/mol. The number of hydrogen-bond donors (Lipinski definition) is 0. The van der Waals surface area contributed by atoms with Crippen molar-refractivity contribution in [3.8, 4) is 5.75 Å². The number of hydrogen-bond acceptors (Lipinski definition) is 5. The van der Waals surface area contributed by atoms with Gasteiger partial charge in [-0.3, -0.25) is 0 Å². The van der Waals surface area contributed by atoms with Crippen LogP contribution >= 0.6 is 11.8 Å². The molecule has 2 aromatic rings. The fourth-order valence-electron chi connectivity index (χ4n) is 1.39. The number of rotatable bonds is 5. The van der Waals surface area contributed by atoms with Crippen LogP contribution in [0.3, 0.4) is 0 Å². The number of ether oxygens (including phenoxy) is 1. The second kappa shape index (κ2) is 6.17. The molecule has 0 unspecified atom stereocenters. The third kappa shape index (κ3) is 3.89. The van der Waals surface area contributed by atoms with Crippen LogP contribution < -0.4 is 4.74 Å². The first kappa shape index (κ1) is 14.7. The maximum Gasteiger partial charge on any atom is 0.416 e. The highest BCUT2D eigenvalue weighted by atomic mass is 32.2. The average Bonchev–Trinajstić information content (AvgIpc) is 2.84. The van der Waals surface area contributed by atoms with Gasteiger partial charge in [0.05, 0.1) is 5.56 Å². The van der Waals surface area contributed by atoms with E-state index < -0.39 is 11.7 Å². The molecule has 0 atom stereocenters. The minimum Gasteiger partial charge on any atom is -0.484 e. The SMILES string of the molecule is CCSc1nnc(COc2cccc(C(F)(F)F)c2)o1. The van der Waals surface area contributed by atoms with Crippen molar-refractivity contribution < 1.29 is 22.3 Å². The molecule has 1 aromatic heterocycles. The second-order valence-electron chi connectivity index (χ2n) is 3.71. The summed E-state index contributed by atoms with van der Waals surface area (Å²) in [6, 6.07) is 4.63. The number of thioether (sulfide) groups is 1. The zero-order chi connectivity index (χ0) is 14.6. The molecule has 108 valence electrons. The molecule has 1 heterocycles. The van der Waals surface area contributed by atoms with Gasteiger partial charge in [-0.05, 0) is 24.0 Å². The molecule has 0 saturated carbocycles. The third-order valence-corrected chi connectivity index (χ3v) is 2.94. The standard InChI is InChI=1S/C12H11F3N2O2S/c1-2-20-11-17-16-10(19-11)7-18-9-5-3-4-8(6-9)12(13,14)15/h3-6H,2,7H2,1H3. The van der Waals surface area contributed by atoms with E-state index in [2.05, 4.69) is 10.2 Å². The molecule has 0 bridgehead atoms. The molecule has 0 amide bonds. The Hall–Kier alpha value is -1.70. The minimum atomic E-state index is -4.39. The Kier molecular flexibility index (Phi) is 4.53. The lowest BCUT2D eigenvalue weighted by Gasteiger charge is -2.08. The predicted molar refractivity (Wildman–Crippen MR) is 66.5 cm³/mol. The summed E-state index contributed by atoms with van der Waals surface area (Å²) in [6.45, 7) is 1.87. The van der Waals surface area contributed by atoms with Crippen molar-refractivity contribution in [3.63, 3.8) is 0 Å². The van der Waals surface area contributed by atoms with E-state index in [4.69, 9.17) is 9.15 Å². The van der Waals surface area contributed by atoms with Gasteiger partial charge in [0.25, 0.3) is 11.1 Å². The zero-order valence-electron chi connectivity index (χ0n) is 10.5. The van der Waals surface area contributed by atoms with Crippen LogP contribution in [0.5, 0.6) is 5.75 Å². The molecule has 1 aromatic carbocycles. The van der Waals surface area contributed by atoms with Gasteiger partial charge < -0.3 is 9.15 Å². The van der Waals surface area contributed by atoms with Crippen molar-refractivity contribution in [2.45, 2.75) is 24.9 Å². The van der Waals surface area contributed by atoms with Crippen LogP contribution in [0.4, 0.5) is 13.2 Å². The molecule has 0 aliphatic rings. The summed E-state index contributed by atoms with van der Waals surface area (Å²) in [7, 11) is 0. The molecule has 2 rings (SSSR count). The topological polar surface area (TPSA) is 48.2 Å². The molecule has 4 nitrogen and oxygen atoms in total. The van der Waals surface area contributed by atoms with Crippen molar-refractivity contribution in [2.75, 3.05) is 5.75 Å². The number of halogens is 3. The van der Waals surface area contributed by atoms with Crippen LogP contribution in [0.25, 0.3) is 0 Å². The van der Waals surface area contributed by atoms with Crippen molar-refractivity contribution in [2.24, 2.45) is 0 Å². The second-order valence-corrected chi connectivity index (χ2v) is 4.92. The molecule has 0 saturated heterocycles. The van der Waals surface area contributed by atoms with E-state index in [-0.39, 0.29) is 18.2 Å². The van der Waals surface area contributed by atoms with Crippen LogP contribution in [-0.4, -0.2) is 16.0 Å². The van der Waals surface area contributed by atoms with Gasteiger partial charge in [0.15, 0.2) is 6.61 Å². The van der Waals surface area contributed by atoms with Crippen LogP contribution in [-0.2, 0) is 12.8 Å². The smallest absolute Gasteiger partial charge is 0.416 e. The lowest BCUT2D eigenvalue weighted by Crippen LogP contribution is -2.05. The Morgan fingerprint density at radius 3 is 2.80 bits per heavy atom. The van der Waals surface area contributed by atoms with E-state index in [0.717, 1.165) is 17.9 Å². The van der Waals surface area contributed by atoms with Crippen molar-refractivity contribution in [1.82, 2.24) is 10.2 Å². The summed E-state index contributed by atoms with van der Waals surface area (Å²) >= 11 is 1.38. The number of benzene rings is 1. The highest BCUT2D eigenvalue weighted by Crippen LogP contribution is 2.31. The fourth-order valence-corrected chi connectivity index (χ4v) is 1.89. The van der Waals surface area contributed by atoms with Gasteiger partial charge >= 0.3 is 6.18 Å².